The molecular formula is C12H16Cl2N2O3. The maximum absolute atomic E-state index is 11.8. The Labute approximate surface area is 121 Å². The number of carbonyl (C=O) groups is 1. The molecule has 0 aromatic heterocycles. The van der Waals surface area contributed by atoms with E-state index in [0.29, 0.717) is 22.2 Å². The van der Waals surface area contributed by atoms with Crippen molar-refractivity contribution in [3.05, 3.63) is 28.2 Å². The third-order valence-electron chi connectivity index (χ3n) is 2.84. The minimum Gasteiger partial charge on any atom is -0.394 e. The van der Waals surface area contributed by atoms with Gasteiger partial charge < -0.3 is 20.8 Å². The Bertz CT molecular complexity index is 442. The van der Waals surface area contributed by atoms with Crippen molar-refractivity contribution >= 4 is 34.9 Å². The second-order valence-electron chi connectivity index (χ2n) is 4.15. The van der Waals surface area contributed by atoms with E-state index in [2.05, 4.69) is 10.6 Å². The zero-order valence-corrected chi connectivity index (χ0v) is 11.9. The molecule has 0 bridgehead atoms. The highest BCUT2D eigenvalue weighted by atomic mass is 35.5. The lowest BCUT2D eigenvalue weighted by Crippen LogP contribution is -2.55. The minimum absolute atomic E-state index is 0.342. The maximum atomic E-state index is 11.8. The summed E-state index contributed by atoms with van der Waals surface area (Å²) in [6, 6.07) is 4.10. The molecule has 0 aliphatic rings. The molecule has 1 aromatic rings. The number of hydrogen-bond acceptors (Lipinski definition) is 3. The Morgan fingerprint density at radius 1 is 1.32 bits per heavy atom. The molecule has 0 radical (unpaired) electrons. The van der Waals surface area contributed by atoms with E-state index in [0.717, 1.165) is 0 Å². The predicted molar refractivity (Wildman–Crippen MR) is 75.8 cm³/mol. The summed E-state index contributed by atoms with van der Waals surface area (Å²) in [4.78, 5) is 11.8. The fourth-order valence-corrected chi connectivity index (χ4v) is 1.77. The van der Waals surface area contributed by atoms with Crippen molar-refractivity contribution in [1.82, 2.24) is 5.32 Å². The van der Waals surface area contributed by atoms with Crippen LogP contribution >= 0.6 is 23.2 Å². The van der Waals surface area contributed by atoms with Crippen LogP contribution in [-0.2, 0) is 0 Å². The van der Waals surface area contributed by atoms with Gasteiger partial charge >= 0.3 is 6.03 Å². The Balaban J connectivity index is 2.77. The lowest BCUT2D eigenvalue weighted by atomic mass is 9.99. The Kier molecular flexibility index (Phi) is 5.87. The number of halogens is 2. The second-order valence-corrected chi connectivity index (χ2v) is 5.00. The molecule has 19 heavy (non-hydrogen) atoms. The number of urea groups is 1. The van der Waals surface area contributed by atoms with Gasteiger partial charge in [-0.1, -0.05) is 30.1 Å². The molecule has 0 aliphatic heterocycles. The molecule has 0 aliphatic carbocycles. The van der Waals surface area contributed by atoms with Crippen molar-refractivity contribution < 1.29 is 15.0 Å². The molecule has 0 saturated heterocycles. The first-order chi connectivity index (χ1) is 8.96. The normalized spacial score (nSPS) is 11.2. The fraction of sp³-hybridized carbons (Fsp3) is 0.417. The topological polar surface area (TPSA) is 81.6 Å². The molecule has 5 nitrogen and oxygen atoms in total. The number of nitrogens with one attached hydrogen (secondary N) is 2. The summed E-state index contributed by atoms with van der Waals surface area (Å²) in [6.45, 7) is 1.02. The Hall–Kier alpha value is -1.01. The number of hydrogen-bond donors (Lipinski definition) is 4. The van der Waals surface area contributed by atoms with Crippen LogP contribution in [0.15, 0.2) is 18.2 Å². The van der Waals surface area contributed by atoms with Gasteiger partial charge in [0.1, 0.15) is 0 Å². The molecule has 0 atom stereocenters. The van der Waals surface area contributed by atoms with Crippen molar-refractivity contribution in [2.75, 3.05) is 18.5 Å². The molecule has 4 N–H and O–H groups in total. The zero-order valence-electron chi connectivity index (χ0n) is 10.4. The van der Waals surface area contributed by atoms with Crippen molar-refractivity contribution in [1.29, 1.82) is 0 Å². The summed E-state index contributed by atoms with van der Waals surface area (Å²) in [6.07, 6.45) is 0.386. The summed E-state index contributed by atoms with van der Waals surface area (Å²) in [5.74, 6) is 0. The number of aliphatic hydroxyl groups is 2. The van der Waals surface area contributed by atoms with Crippen molar-refractivity contribution in [2.24, 2.45) is 0 Å². The van der Waals surface area contributed by atoms with Gasteiger partial charge in [-0.25, -0.2) is 4.79 Å². The maximum Gasteiger partial charge on any atom is 0.319 e. The van der Waals surface area contributed by atoms with Crippen LogP contribution in [0.3, 0.4) is 0 Å². The third-order valence-corrected chi connectivity index (χ3v) is 3.40. The fourth-order valence-electron chi connectivity index (χ4n) is 1.43. The monoisotopic (exact) mass is 306 g/mol. The van der Waals surface area contributed by atoms with Gasteiger partial charge in [-0.15, -0.1) is 0 Å². The molecule has 0 unspecified atom stereocenters. The largest absolute Gasteiger partial charge is 0.394 e. The van der Waals surface area contributed by atoms with Crippen LogP contribution in [0, 0.1) is 0 Å². The van der Waals surface area contributed by atoms with E-state index >= 15 is 0 Å². The number of carbonyl (C=O) groups excluding carboxylic acids is 1. The molecule has 106 valence electrons. The molecule has 2 amide bonds. The van der Waals surface area contributed by atoms with Crippen molar-refractivity contribution in [3.8, 4) is 0 Å². The SMILES string of the molecule is CCC(CO)(CO)NC(=O)Nc1cc(Cl)ccc1Cl. The van der Waals surface area contributed by atoms with E-state index in [1.165, 1.54) is 6.07 Å². The van der Waals surface area contributed by atoms with Gasteiger partial charge in [-0.2, -0.15) is 0 Å². The Morgan fingerprint density at radius 2 is 1.95 bits per heavy atom. The van der Waals surface area contributed by atoms with Gasteiger partial charge in [0, 0.05) is 5.02 Å². The summed E-state index contributed by atoms with van der Waals surface area (Å²) in [5, 5.41) is 24.3. The van der Waals surface area contributed by atoms with Crippen LogP contribution < -0.4 is 10.6 Å². The molecule has 0 saturated carbocycles. The Morgan fingerprint density at radius 3 is 2.47 bits per heavy atom. The van der Waals surface area contributed by atoms with Gasteiger partial charge in [-0.3, -0.25) is 0 Å². The number of anilines is 1. The highest BCUT2D eigenvalue weighted by molar-refractivity contribution is 6.35. The molecule has 0 heterocycles. The quantitative estimate of drug-likeness (QED) is 0.673. The van der Waals surface area contributed by atoms with E-state index < -0.39 is 11.6 Å². The van der Waals surface area contributed by atoms with Gasteiger partial charge in [0.05, 0.1) is 29.5 Å². The van der Waals surface area contributed by atoms with Crippen LogP contribution in [0.1, 0.15) is 13.3 Å². The average molecular weight is 307 g/mol. The van der Waals surface area contributed by atoms with Gasteiger partial charge in [0.25, 0.3) is 0 Å². The minimum atomic E-state index is -1.06. The van der Waals surface area contributed by atoms with Crippen molar-refractivity contribution in [3.63, 3.8) is 0 Å². The van der Waals surface area contributed by atoms with Crippen LogP contribution in [0.25, 0.3) is 0 Å². The zero-order chi connectivity index (χ0) is 14.5. The van der Waals surface area contributed by atoms with E-state index in [-0.39, 0.29) is 13.2 Å². The number of amides is 2. The van der Waals surface area contributed by atoms with Gasteiger partial charge in [-0.05, 0) is 24.6 Å². The molecule has 1 rings (SSSR count). The van der Waals surface area contributed by atoms with E-state index in [1.807, 2.05) is 0 Å². The highest BCUT2D eigenvalue weighted by Gasteiger charge is 2.28. The highest BCUT2D eigenvalue weighted by Crippen LogP contribution is 2.25. The average Bonchev–Trinajstić information content (AvgIpc) is 2.40. The molecule has 0 fully saturated rings. The van der Waals surface area contributed by atoms with E-state index in [1.54, 1.807) is 19.1 Å². The van der Waals surface area contributed by atoms with Crippen LogP contribution in [0.2, 0.25) is 10.0 Å². The van der Waals surface area contributed by atoms with Gasteiger partial charge in [0.2, 0.25) is 0 Å². The molecular weight excluding hydrogens is 291 g/mol. The standard InChI is InChI=1S/C12H16Cl2N2O3/c1-2-12(6-17,7-18)16-11(19)15-10-5-8(13)3-4-9(10)14/h3-5,17-18H,2,6-7H2,1H3,(H2,15,16,19). The first kappa shape index (κ1) is 16.0. The van der Waals surface area contributed by atoms with Gasteiger partial charge in [0.15, 0.2) is 0 Å². The van der Waals surface area contributed by atoms with Crippen molar-refractivity contribution in [2.45, 2.75) is 18.9 Å². The lowest BCUT2D eigenvalue weighted by molar-refractivity contribution is 0.0955. The third kappa shape index (κ3) is 4.24. The summed E-state index contributed by atoms with van der Waals surface area (Å²) in [5.41, 5.74) is -0.706. The van der Waals surface area contributed by atoms with E-state index in [9.17, 15) is 15.0 Å². The molecule has 7 heteroatoms. The number of aliphatic hydroxyl groups excluding tert-OH is 2. The summed E-state index contributed by atoms with van der Waals surface area (Å²) in [7, 11) is 0. The lowest BCUT2D eigenvalue weighted by Gasteiger charge is -2.29. The molecule has 1 aromatic carbocycles. The van der Waals surface area contributed by atoms with Crippen LogP contribution in [0.5, 0.6) is 0 Å². The first-order valence-corrected chi connectivity index (χ1v) is 6.48. The number of rotatable bonds is 5. The summed E-state index contributed by atoms with van der Waals surface area (Å²) >= 11 is 11.7. The smallest absolute Gasteiger partial charge is 0.319 e. The predicted octanol–water partition coefficient (Wildman–Crippen LogP) is 2.25. The van der Waals surface area contributed by atoms with Crippen LogP contribution in [0.4, 0.5) is 10.5 Å². The number of benzene rings is 1. The van der Waals surface area contributed by atoms with E-state index in [4.69, 9.17) is 23.2 Å². The summed E-state index contributed by atoms with van der Waals surface area (Å²) < 4.78 is 0. The second kappa shape index (κ2) is 6.96. The van der Waals surface area contributed by atoms with Crippen LogP contribution in [-0.4, -0.2) is 35.0 Å². The first-order valence-electron chi connectivity index (χ1n) is 5.72. The molecule has 0 spiro atoms.